The van der Waals surface area contributed by atoms with Crippen LogP contribution in [0.3, 0.4) is 0 Å². The number of anilines is 1. The number of sulfonamides is 1. The Kier molecular flexibility index (Phi) is 4.62. The zero-order valence-electron chi connectivity index (χ0n) is 12.8. The molecule has 1 aromatic rings. The Morgan fingerprint density at radius 1 is 1.05 bits per heavy atom. The summed E-state index contributed by atoms with van der Waals surface area (Å²) >= 11 is 0. The quantitative estimate of drug-likeness (QED) is 0.770. The van der Waals surface area contributed by atoms with Gasteiger partial charge >= 0.3 is 0 Å². The van der Waals surface area contributed by atoms with Crippen molar-refractivity contribution in [1.29, 1.82) is 0 Å². The van der Waals surface area contributed by atoms with Gasteiger partial charge in [-0.1, -0.05) is 0 Å². The average molecular weight is 326 g/mol. The molecule has 0 radical (unpaired) electrons. The molecule has 7 nitrogen and oxygen atoms in total. The fourth-order valence-electron chi connectivity index (χ4n) is 2.68. The lowest BCUT2D eigenvalue weighted by Gasteiger charge is -2.31. The predicted molar refractivity (Wildman–Crippen MR) is 83.5 cm³/mol. The molecule has 0 bridgehead atoms. The second-order valence-electron chi connectivity index (χ2n) is 5.66. The summed E-state index contributed by atoms with van der Waals surface area (Å²) in [5, 5.41) is 0. The molecule has 1 aromatic heterocycles. The molecule has 0 amide bonds. The van der Waals surface area contributed by atoms with Gasteiger partial charge in [-0.15, -0.1) is 0 Å². The van der Waals surface area contributed by atoms with Crippen LogP contribution in [0.1, 0.15) is 0 Å². The first-order chi connectivity index (χ1) is 10.6. The number of ether oxygens (including phenoxy) is 1. The molecule has 2 saturated heterocycles. The molecule has 122 valence electrons. The van der Waals surface area contributed by atoms with E-state index in [1.54, 1.807) is 16.4 Å². The molecule has 0 aliphatic carbocycles. The highest BCUT2D eigenvalue weighted by Crippen LogP contribution is 2.19. The predicted octanol–water partition coefficient (Wildman–Crippen LogP) is -0.146. The number of nitrogens with zero attached hydrogens (tertiary/aromatic N) is 4. The van der Waals surface area contributed by atoms with Gasteiger partial charge in [-0.2, -0.15) is 4.31 Å². The first-order valence-electron chi connectivity index (χ1n) is 7.55. The van der Waals surface area contributed by atoms with Crippen LogP contribution in [0.4, 0.5) is 5.82 Å². The van der Waals surface area contributed by atoms with Gasteiger partial charge in [-0.3, -0.25) is 0 Å². The fraction of sp³-hybridized carbons (Fsp3) is 0.643. The average Bonchev–Trinajstić information content (AvgIpc) is 2.56. The Morgan fingerprint density at radius 2 is 1.73 bits per heavy atom. The largest absolute Gasteiger partial charge is 0.378 e. The smallest absolute Gasteiger partial charge is 0.244 e. The second kappa shape index (κ2) is 6.49. The lowest BCUT2D eigenvalue weighted by molar-refractivity contribution is 0.122. The molecular formula is C14H22N4O3S. The van der Waals surface area contributed by atoms with Gasteiger partial charge in [0.15, 0.2) is 0 Å². The van der Waals surface area contributed by atoms with E-state index in [2.05, 4.69) is 14.8 Å². The van der Waals surface area contributed by atoms with Crippen molar-refractivity contribution in [2.45, 2.75) is 4.90 Å². The van der Waals surface area contributed by atoms with Crippen LogP contribution in [-0.2, 0) is 14.8 Å². The normalized spacial score (nSPS) is 22.0. The van der Waals surface area contributed by atoms with Gasteiger partial charge in [0.25, 0.3) is 0 Å². The number of piperazine rings is 1. The van der Waals surface area contributed by atoms with Crippen LogP contribution in [0.5, 0.6) is 0 Å². The van der Waals surface area contributed by atoms with E-state index in [0.717, 1.165) is 32.0 Å². The second-order valence-corrected chi connectivity index (χ2v) is 7.60. The van der Waals surface area contributed by atoms with E-state index in [1.165, 1.54) is 6.20 Å². The van der Waals surface area contributed by atoms with Crippen molar-refractivity contribution in [3.63, 3.8) is 0 Å². The molecule has 0 N–H and O–H groups in total. The monoisotopic (exact) mass is 326 g/mol. The first-order valence-corrected chi connectivity index (χ1v) is 8.99. The van der Waals surface area contributed by atoms with E-state index < -0.39 is 10.0 Å². The SMILES string of the molecule is CN1CCN(S(=O)(=O)c2ccc(N3CCOCC3)nc2)CC1. The van der Waals surface area contributed by atoms with Crippen LogP contribution in [0, 0.1) is 0 Å². The zero-order valence-corrected chi connectivity index (χ0v) is 13.6. The summed E-state index contributed by atoms with van der Waals surface area (Å²) in [6.45, 7) is 5.53. The maximum atomic E-state index is 12.6. The Balaban J connectivity index is 1.74. The minimum atomic E-state index is -3.43. The molecule has 2 aliphatic rings. The number of rotatable bonds is 3. The van der Waals surface area contributed by atoms with Crippen LogP contribution < -0.4 is 4.90 Å². The van der Waals surface area contributed by atoms with Gasteiger partial charge in [-0.05, 0) is 19.2 Å². The van der Waals surface area contributed by atoms with Gasteiger partial charge in [-0.25, -0.2) is 13.4 Å². The Labute approximate surface area is 131 Å². The Hall–Kier alpha value is -1.22. The Bertz CT molecular complexity index is 591. The van der Waals surface area contributed by atoms with Crippen LogP contribution in [0.2, 0.25) is 0 Å². The van der Waals surface area contributed by atoms with Crippen molar-refractivity contribution in [2.24, 2.45) is 0 Å². The van der Waals surface area contributed by atoms with E-state index in [9.17, 15) is 8.42 Å². The van der Waals surface area contributed by atoms with Crippen molar-refractivity contribution in [3.05, 3.63) is 18.3 Å². The lowest BCUT2D eigenvalue weighted by Crippen LogP contribution is -2.47. The maximum Gasteiger partial charge on any atom is 0.244 e. The van der Waals surface area contributed by atoms with Crippen molar-refractivity contribution in [1.82, 2.24) is 14.2 Å². The molecule has 8 heteroatoms. The van der Waals surface area contributed by atoms with Crippen LogP contribution >= 0.6 is 0 Å². The molecule has 0 unspecified atom stereocenters. The molecule has 2 fully saturated rings. The number of hydrogen-bond acceptors (Lipinski definition) is 6. The minimum Gasteiger partial charge on any atom is -0.378 e. The molecule has 2 aliphatic heterocycles. The summed E-state index contributed by atoms with van der Waals surface area (Å²) < 4.78 is 32.1. The topological polar surface area (TPSA) is 66.0 Å². The van der Waals surface area contributed by atoms with Crippen molar-refractivity contribution in [2.75, 3.05) is 64.4 Å². The van der Waals surface area contributed by atoms with Crippen LogP contribution in [-0.4, -0.2) is 82.1 Å². The summed E-state index contributed by atoms with van der Waals surface area (Å²) in [6.07, 6.45) is 1.47. The number of aromatic nitrogens is 1. The van der Waals surface area contributed by atoms with E-state index in [1.807, 2.05) is 7.05 Å². The third kappa shape index (κ3) is 3.24. The van der Waals surface area contributed by atoms with Gasteiger partial charge in [0.2, 0.25) is 10.0 Å². The molecule has 3 heterocycles. The highest BCUT2D eigenvalue weighted by Gasteiger charge is 2.27. The first kappa shape index (κ1) is 15.7. The molecule has 0 saturated carbocycles. The van der Waals surface area contributed by atoms with E-state index >= 15 is 0 Å². The van der Waals surface area contributed by atoms with Gasteiger partial charge in [0.1, 0.15) is 10.7 Å². The Morgan fingerprint density at radius 3 is 2.32 bits per heavy atom. The number of morpholine rings is 1. The lowest BCUT2D eigenvalue weighted by atomic mass is 10.4. The zero-order chi connectivity index (χ0) is 15.6. The summed E-state index contributed by atoms with van der Waals surface area (Å²) in [5.41, 5.74) is 0. The molecule has 22 heavy (non-hydrogen) atoms. The van der Waals surface area contributed by atoms with E-state index in [4.69, 9.17) is 4.74 Å². The van der Waals surface area contributed by atoms with E-state index in [-0.39, 0.29) is 4.90 Å². The highest BCUT2D eigenvalue weighted by atomic mass is 32.2. The van der Waals surface area contributed by atoms with Gasteiger partial charge in [0.05, 0.1) is 13.2 Å². The summed E-state index contributed by atoms with van der Waals surface area (Å²) in [7, 11) is -1.43. The highest BCUT2D eigenvalue weighted by molar-refractivity contribution is 7.89. The number of pyridine rings is 1. The third-order valence-electron chi connectivity index (χ3n) is 4.16. The van der Waals surface area contributed by atoms with Crippen molar-refractivity contribution in [3.8, 4) is 0 Å². The molecule has 0 atom stereocenters. The van der Waals surface area contributed by atoms with Gasteiger partial charge in [0, 0.05) is 45.5 Å². The number of likely N-dealkylation sites (N-methyl/N-ethyl adjacent to an activating group) is 1. The minimum absolute atomic E-state index is 0.272. The van der Waals surface area contributed by atoms with E-state index in [0.29, 0.717) is 26.3 Å². The van der Waals surface area contributed by atoms with Crippen molar-refractivity contribution < 1.29 is 13.2 Å². The maximum absolute atomic E-state index is 12.6. The standard InChI is InChI=1S/C14H22N4O3S/c1-16-4-6-18(7-5-16)22(19,20)13-2-3-14(15-12-13)17-8-10-21-11-9-17/h2-3,12H,4-11H2,1H3. The molecular weight excluding hydrogens is 304 g/mol. The molecule has 0 aromatic carbocycles. The fourth-order valence-corrected chi connectivity index (χ4v) is 4.05. The van der Waals surface area contributed by atoms with Crippen LogP contribution in [0.25, 0.3) is 0 Å². The summed E-state index contributed by atoms with van der Waals surface area (Å²) in [5.74, 6) is 0.806. The number of hydrogen-bond donors (Lipinski definition) is 0. The van der Waals surface area contributed by atoms with Crippen molar-refractivity contribution >= 4 is 15.8 Å². The molecule has 3 rings (SSSR count). The third-order valence-corrected chi connectivity index (χ3v) is 6.04. The van der Waals surface area contributed by atoms with Gasteiger partial charge < -0.3 is 14.5 Å². The summed E-state index contributed by atoms with van der Waals surface area (Å²) in [6, 6.07) is 3.44. The van der Waals surface area contributed by atoms with Crippen LogP contribution in [0.15, 0.2) is 23.2 Å². The summed E-state index contributed by atoms with van der Waals surface area (Å²) in [4.78, 5) is 8.84. The molecule has 0 spiro atoms.